The van der Waals surface area contributed by atoms with Crippen molar-refractivity contribution < 1.29 is 9.15 Å². The molecule has 0 atom stereocenters. The lowest BCUT2D eigenvalue weighted by molar-refractivity contribution is 0.183. The van der Waals surface area contributed by atoms with Gasteiger partial charge in [-0.15, -0.1) is 0 Å². The molecule has 2 heterocycles. The van der Waals surface area contributed by atoms with Gasteiger partial charge in [-0.1, -0.05) is 33.3 Å². The number of aromatic nitrogens is 1. The van der Waals surface area contributed by atoms with E-state index < -0.39 is 5.76 Å². The monoisotopic (exact) mass is 330 g/mol. The predicted molar refractivity (Wildman–Crippen MR) is 94.8 cm³/mol. The summed E-state index contributed by atoms with van der Waals surface area (Å²) < 4.78 is 11.3. The van der Waals surface area contributed by atoms with E-state index in [4.69, 9.17) is 9.15 Å². The second-order valence-corrected chi connectivity index (χ2v) is 7.46. The van der Waals surface area contributed by atoms with Crippen LogP contribution < -0.4 is 10.5 Å². The first-order chi connectivity index (χ1) is 11.4. The molecule has 0 bridgehead atoms. The molecule has 5 heteroatoms. The van der Waals surface area contributed by atoms with Gasteiger partial charge in [-0.2, -0.15) is 4.98 Å². The lowest BCUT2D eigenvalue weighted by Crippen LogP contribution is -2.33. The van der Waals surface area contributed by atoms with Gasteiger partial charge in [0.25, 0.3) is 0 Å². The molecule has 1 aliphatic rings. The molecule has 3 rings (SSSR count). The van der Waals surface area contributed by atoms with Gasteiger partial charge in [0, 0.05) is 17.3 Å². The first kappa shape index (κ1) is 17.0. The summed E-state index contributed by atoms with van der Waals surface area (Å²) in [6, 6.07) is 5.72. The summed E-state index contributed by atoms with van der Waals surface area (Å²) in [5.74, 6) is 0.0500. The van der Waals surface area contributed by atoms with Crippen LogP contribution >= 0.6 is 0 Å². The van der Waals surface area contributed by atoms with E-state index in [2.05, 4.69) is 9.88 Å². The second kappa shape index (κ2) is 6.93. The maximum atomic E-state index is 11.9. The molecule has 24 heavy (non-hydrogen) atoms. The Bertz CT molecular complexity index is 755. The molecular weight excluding hydrogens is 304 g/mol. The van der Waals surface area contributed by atoms with E-state index in [1.807, 2.05) is 39.0 Å². The van der Waals surface area contributed by atoms with Crippen molar-refractivity contribution >= 4 is 11.0 Å². The summed E-state index contributed by atoms with van der Waals surface area (Å²) >= 11 is 0. The number of benzene rings is 1. The zero-order chi connectivity index (χ0) is 17.2. The van der Waals surface area contributed by atoms with Crippen LogP contribution in [0.1, 0.15) is 45.7 Å². The minimum atomic E-state index is -0.570. The quantitative estimate of drug-likeness (QED) is 0.860. The summed E-state index contributed by atoms with van der Waals surface area (Å²) in [5, 5.41) is 0.845. The number of para-hydroxylation sites is 1. The first-order valence-corrected chi connectivity index (χ1v) is 8.75. The van der Waals surface area contributed by atoms with Crippen LogP contribution in [-0.4, -0.2) is 36.1 Å². The Balaban J connectivity index is 1.83. The highest BCUT2D eigenvalue weighted by molar-refractivity contribution is 5.85. The van der Waals surface area contributed by atoms with Crippen LogP contribution in [0.4, 0.5) is 0 Å². The number of hydrogen-bond acceptors (Lipinski definition) is 5. The third-order valence-electron chi connectivity index (χ3n) is 4.45. The number of fused-ring (bicyclic) bond motifs is 1. The summed E-state index contributed by atoms with van der Waals surface area (Å²) in [7, 11) is 0. The van der Waals surface area contributed by atoms with Gasteiger partial charge >= 0.3 is 5.76 Å². The van der Waals surface area contributed by atoms with E-state index in [1.165, 1.54) is 19.3 Å². The lowest BCUT2D eigenvalue weighted by atomic mass is 9.89. The number of rotatable bonds is 4. The van der Waals surface area contributed by atoms with Crippen molar-refractivity contribution in [3.63, 3.8) is 0 Å². The van der Waals surface area contributed by atoms with Crippen molar-refractivity contribution in [2.45, 2.75) is 45.4 Å². The lowest BCUT2D eigenvalue weighted by Gasteiger charge is -2.26. The van der Waals surface area contributed by atoms with Crippen LogP contribution in [0, 0.1) is 0 Å². The Morgan fingerprint density at radius 1 is 1.21 bits per heavy atom. The molecule has 0 N–H and O–H groups in total. The van der Waals surface area contributed by atoms with Crippen LogP contribution in [0.3, 0.4) is 0 Å². The molecule has 0 spiro atoms. The first-order valence-electron chi connectivity index (χ1n) is 8.75. The maximum Gasteiger partial charge on any atom is 0.439 e. The maximum absolute atomic E-state index is 11.9. The number of hydrogen-bond donors (Lipinski definition) is 0. The molecule has 1 aliphatic heterocycles. The average molecular weight is 330 g/mol. The Labute approximate surface area is 142 Å². The largest absolute Gasteiger partial charge is 0.488 e. The van der Waals surface area contributed by atoms with Crippen molar-refractivity contribution in [2.75, 3.05) is 26.2 Å². The van der Waals surface area contributed by atoms with E-state index in [0.717, 1.165) is 30.7 Å². The molecule has 1 saturated heterocycles. The molecule has 0 saturated carbocycles. The predicted octanol–water partition coefficient (Wildman–Crippen LogP) is 3.35. The fraction of sp³-hybridized carbons (Fsp3) is 0.579. The highest BCUT2D eigenvalue weighted by Crippen LogP contribution is 2.31. The molecule has 5 nitrogen and oxygen atoms in total. The van der Waals surface area contributed by atoms with Gasteiger partial charge in [0.05, 0.1) is 5.69 Å². The number of piperidine rings is 1. The third kappa shape index (κ3) is 3.78. The minimum absolute atomic E-state index is 0.236. The molecule has 1 aromatic heterocycles. The van der Waals surface area contributed by atoms with E-state index in [1.54, 1.807) is 0 Å². The van der Waals surface area contributed by atoms with E-state index >= 15 is 0 Å². The normalized spacial score (nSPS) is 16.5. The molecule has 0 unspecified atom stereocenters. The molecular formula is C19H26N2O3. The summed E-state index contributed by atoms with van der Waals surface area (Å²) in [4.78, 5) is 18.4. The molecule has 2 aromatic rings. The molecule has 0 radical (unpaired) electrons. The fourth-order valence-corrected chi connectivity index (χ4v) is 3.22. The van der Waals surface area contributed by atoms with E-state index in [-0.39, 0.29) is 5.41 Å². The van der Waals surface area contributed by atoms with E-state index in [9.17, 15) is 4.79 Å². The molecule has 0 amide bonds. The zero-order valence-corrected chi connectivity index (χ0v) is 14.8. The Morgan fingerprint density at radius 2 is 1.96 bits per heavy atom. The zero-order valence-electron chi connectivity index (χ0n) is 14.8. The fourth-order valence-electron chi connectivity index (χ4n) is 3.22. The van der Waals surface area contributed by atoms with Gasteiger partial charge in [0.15, 0.2) is 11.3 Å². The molecule has 1 aromatic carbocycles. The van der Waals surface area contributed by atoms with Crippen LogP contribution in [0.2, 0.25) is 0 Å². The van der Waals surface area contributed by atoms with Crippen molar-refractivity contribution in [1.82, 2.24) is 9.88 Å². The Hall–Kier alpha value is -1.88. The summed E-state index contributed by atoms with van der Waals surface area (Å²) in [5.41, 5.74) is 1.01. The third-order valence-corrected chi connectivity index (χ3v) is 4.45. The Kier molecular flexibility index (Phi) is 4.90. The van der Waals surface area contributed by atoms with Crippen LogP contribution in [0.15, 0.2) is 27.4 Å². The Morgan fingerprint density at radius 3 is 2.67 bits per heavy atom. The van der Waals surface area contributed by atoms with Crippen LogP contribution in [0.25, 0.3) is 11.0 Å². The topological polar surface area (TPSA) is 55.6 Å². The van der Waals surface area contributed by atoms with Gasteiger partial charge in [-0.3, -0.25) is 4.90 Å². The van der Waals surface area contributed by atoms with Gasteiger partial charge < -0.3 is 9.15 Å². The van der Waals surface area contributed by atoms with Gasteiger partial charge in [0.2, 0.25) is 0 Å². The SMILES string of the molecule is CC(C)(C)c1nc(=O)oc2c(OCCN3CCCCC3)cccc12. The smallest absolute Gasteiger partial charge is 0.439 e. The van der Waals surface area contributed by atoms with Crippen LogP contribution in [0.5, 0.6) is 5.75 Å². The molecule has 0 aliphatic carbocycles. The summed E-state index contributed by atoms with van der Waals surface area (Å²) in [6.07, 6.45) is 3.86. The minimum Gasteiger partial charge on any atom is -0.488 e. The molecule has 1 fully saturated rings. The van der Waals surface area contributed by atoms with E-state index in [0.29, 0.717) is 17.9 Å². The van der Waals surface area contributed by atoms with Gasteiger partial charge in [-0.05, 0) is 38.1 Å². The summed E-state index contributed by atoms with van der Waals surface area (Å²) in [6.45, 7) is 9.90. The second-order valence-electron chi connectivity index (χ2n) is 7.46. The standard InChI is InChI=1S/C19H26N2O3/c1-19(2,3)17-14-8-7-9-15(16(14)24-18(22)20-17)23-13-12-21-10-5-4-6-11-21/h7-9H,4-6,10-13H2,1-3H3. The van der Waals surface area contributed by atoms with Crippen molar-refractivity contribution in [2.24, 2.45) is 0 Å². The number of nitrogens with zero attached hydrogens (tertiary/aromatic N) is 2. The average Bonchev–Trinajstić information content (AvgIpc) is 2.55. The number of ether oxygens (including phenoxy) is 1. The van der Waals surface area contributed by atoms with Gasteiger partial charge in [0.1, 0.15) is 6.61 Å². The van der Waals surface area contributed by atoms with Crippen LogP contribution in [-0.2, 0) is 5.41 Å². The highest BCUT2D eigenvalue weighted by atomic mass is 16.5. The van der Waals surface area contributed by atoms with Crippen molar-refractivity contribution in [3.8, 4) is 5.75 Å². The molecule has 130 valence electrons. The van der Waals surface area contributed by atoms with Crippen molar-refractivity contribution in [3.05, 3.63) is 34.4 Å². The van der Waals surface area contributed by atoms with Crippen molar-refractivity contribution in [1.29, 1.82) is 0 Å². The highest BCUT2D eigenvalue weighted by Gasteiger charge is 2.22. The van der Waals surface area contributed by atoms with Gasteiger partial charge in [-0.25, -0.2) is 4.79 Å². The number of likely N-dealkylation sites (tertiary alicyclic amines) is 1.